The van der Waals surface area contributed by atoms with Crippen molar-refractivity contribution in [1.29, 1.82) is 0 Å². The molecule has 0 radical (unpaired) electrons. The van der Waals surface area contributed by atoms with Crippen LogP contribution < -0.4 is 5.73 Å². The molecule has 1 unspecified atom stereocenters. The van der Waals surface area contributed by atoms with Crippen LogP contribution in [-0.2, 0) is 4.43 Å². The van der Waals surface area contributed by atoms with Gasteiger partial charge in [-0.2, -0.15) is 0 Å². The Morgan fingerprint density at radius 3 is 2.25 bits per heavy atom. The molecule has 0 aromatic heterocycles. The van der Waals surface area contributed by atoms with Gasteiger partial charge in [0.25, 0.3) is 0 Å². The van der Waals surface area contributed by atoms with Crippen LogP contribution in [0.25, 0.3) is 0 Å². The molecule has 0 aromatic rings. The van der Waals surface area contributed by atoms with E-state index in [2.05, 4.69) is 13.1 Å². The molecule has 2 N–H and O–H groups in total. The fourth-order valence-electron chi connectivity index (χ4n) is 0.520. The number of hydrogen-bond donors (Lipinski definition) is 1. The third-order valence-electron chi connectivity index (χ3n) is 0.836. The normalized spacial score (nSPS) is 14.6. The molecule has 0 rings (SSSR count). The standard InChI is InChI=1S/C5H15NOSi/c1-5(4-6)7-8(2)3/h5,8H,4,6H2,1-3H3. The third-order valence-corrected chi connectivity index (χ3v) is 1.85. The van der Waals surface area contributed by atoms with Gasteiger partial charge in [-0.1, -0.05) is 0 Å². The van der Waals surface area contributed by atoms with Crippen LogP contribution in [0, 0.1) is 0 Å². The molecule has 8 heavy (non-hydrogen) atoms. The van der Waals surface area contributed by atoms with Crippen molar-refractivity contribution in [2.75, 3.05) is 6.54 Å². The lowest BCUT2D eigenvalue weighted by Gasteiger charge is -2.12. The topological polar surface area (TPSA) is 35.2 Å². The van der Waals surface area contributed by atoms with E-state index in [4.69, 9.17) is 10.2 Å². The van der Waals surface area contributed by atoms with Crippen molar-refractivity contribution in [2.24, 2.45) is 5.73 Å². The average Bonchev–Trinajstić information content (AvgIpc) is 1.65. The van der Waals surface area contributed by atoms with E-state index in [9.17, 15) is 0 Å². The first-order chi connectivity index (χ1) is 3.66. The summed E-state index contributed by atoms with van der Waals surface area (Å²) in [6.45, 7) is 6.94. The number of rotatable bonds is 3. The van der Waals surface area contributed by atoms with Crippen LogP contribution in [0.5, 0.6) is 0 Å². The van der Waals surface area contributed by atoms with Crippen molar-refractivity contribution in [3.63, 3.8) is 0 Å². The van der Waals surface area contributed by atoms with Gasteiger partial charge in [0.1, 0.15) is 0 Å². The molecule has 0 aliphatic heterocycles. The highest BCUT2D eigenvalue weighted by Gasteiger charge is 2.00. The molecular formula is C5H15NOSi. The second-order valence-corrected chi connectivity index (χ2v) is 4.60. The summed E-state index contributed by atoms with van der Waals surface area (Å²) in [5.41, 5.74) is 5.32. The van der Waals surface area contributed by atoms with Crippen molar-refractivity contribution >= 4 is 9.04 Å². The lowest BCUT2D eigenvalue weighted by atomic mass is 10.4. The molecule has 0 aromatic carbocycles. The number of nitrogens with two attached hydrogens (primary N) is 1. The first kappa shape index (κ1) is 8.14. The maximum absolute atomic E-state index is 5.41. The van der Waals surface area contributed by atoms with E-state index < -0.39 is 9.04 Å². The summed E-state index contributed by atoms with van der Waals surface area (Å²) in [5.74, 6) is 0. The molecule has 0 saturated heterocycles. The van der Waals surface area contributed by atoms with Crippen LogP contribution in [0.1, 0.15) is 6.92 Å². The summed E-state index contributed by atoms with van der Waals surface area (Å²) in [6, 6.07) is 0. The molecule has 0 fully saturated rings. The Morgan fingerprint density at radius 1 is 1.62 bits per heavy atom. The molecule has 0 saturated carbocycles. The molecule has 0 aliphatic carbocycles. The van der Waals surface area contributed by atoms with Gasteiger partial charge in [-0.25, -0.2) is 0 Å². The monoisotopic (exact) mass is 133 g/mol. The van der Waals surface area contributed by atoms with E-state index >= 15 is 0 Å². The predicted molar refractivity (Wildman–Crippen MR) is 38.5 cm³/mol. The van der Waals surface area contributed by atoms with Crippen LogP contribution >= 0.6 is 0 Å². The van der Waals surface area contributed by atoms with Gasteiger partial charge >= 0.3 is 0 Å². The minimum Gasteiger partial charge on any atom is -0.417 e. The smallest absolute Gasteiger partial charge is 0.171 e. The van der Waals surface area contributed by atoms with E-state index in [0.717, 1.165) is 0 Å². The minimum absolute atomic E-state index is 0.265. The first-order valence-electron chi connectivity index (χ1n) is 3.02. The van der Waals surface area contributed by atoms with Gasteiger partial charge in [-0.05, 0) is 20.0 Å². The van der Waals surface area contributed by atoms with Gasteiger partial charge in [-0.3, -0.25) is 0 Å². The number of hydrogen-bond acceptors (Lipinski definition) is 2. The quantitative estimate of drug-likeness (QED) is 0.563. The summed E-state index contributed by atoms with van der Waals surface area (Å²) in [6.07, 6.45) is 0.265. The Bertz CT molecular complexity index is 58.4. The SMILES string of the molecule is CC(CN)O[SiH](C)C. The van der Waals surface area contributed by atoms with Crippen molar-refractivity contribution < 1.29 is 4.43 Å². The maximum atomic E-state index is 5.41. The van der Waals surface area contributed by atoms with Crippen molar-refractivity contribution in [1.82, 2.24) is 0 Å². The van der Waals surface area contributed by atoms with Crippen LogP contribution in [0.15, 0.2) is 0 Å². The summed E-state index contributed by atoms with van der Waals surface area (Å²) in [7, 11) is -0.826. The van der Waals surface area contributed by atoms with Gasteiger partial charge in [0.2, 0.25) is 0 Å². The molecule has 2 nitrogen and oxygen atoms in total. The second kappa shape index (κ2) is 4.06. The zero-order chi connectivity index (χ0) is 6.57. The predicted octanol–water partition coefficient (Wildman–Crippen LogP) is 0.334. The Kier molecular flexibility index (Phi) is 4.13. The highest BCUT2D eigenvalue weighted by molar-refractivity contribution is 6.48. The lowest BCUT2D eigenvalue weighted by Crippen LogP contribution is -2.25. The van der Waals surface area contributed by atoms with Gasteiger partial charge in [0, 0.05) is 6.54 Å². The Hall–Kier alpha value is 0.137. The molecule has 1 atom stereocenters. The van der Waals surface area contributed by atoms with Crippen LogP contribution in [0.3, 0.4) is 0 Å². The molecule has 50 valence electrons. The Labute approximate surface area is 52.8 Å². The Morgan fingerprint density at radius 2 is 2.12 bits per heavy atom. The maximum Gasteiger partial charge on any atom is 0.171 e. The van der Waals surface area contributed by atoms with Crippen molar-refractivity contribution in [2.45, 2.75) is 26.1 Å². The van der Waals surface area contributed by atoms with Crippen LogP contribution in [0.2, 0.25) is 13.1 Å². The minimum atomic E-state index is -0.826. The van der Waals surface area contributed by atoms with E-state index in [0.29, 0.717) is 6.54 Å². The van der Waals surface area contributed by atoms with E-state index in [1.165, 1.54) is 0 Å². The zero-order valence-corrected chi connectivity index (χ0v) is 7.00. The first-order valence-corrected chi connectivity index (χ1v) is 5.80. The third kappa shape index (κ3) is 4.30. The van der Waals surface area contributed by atoms with E-state index in [-0.39, 0.29) is 6.10 Å². The van der Waals surface area contributed by atoms with Crippen molar-refractivity contribution in [3.05, 3.63) is 0 Å². The van der Waals surface area contributed by atoms with Gasteiger partial charge in [0.15, 0.2) is 9.04 Å². The summed E-state index contributed by atoms with van der Waals surface area (Å²) in [4.78, 5) is 0. The Balaban J connectivity index is 3.10. The van der Waals surface area contributed by atoms with E-state index in [1.807, 2.05) is 6.92 Å². The largest absolute Gasteiger partial charge is 0.417 e. The molecule has 0 spiro atoms. The van der Waals surface area contributed by atoms with Gasteiger partial charge < -0.3 is 10.2 Å². The van der Waals surface area contributed by atoms with Gasteiger partial charge in [-0.15, -0.1) is 0 Å². The van der Waals surface area contributed by atoms with Crippen LogP contribution in [-0.4, -0.2) is 21.7 Å². The lowest BCUT2D eigenvalue weighted by molar-refractivity contribution is 0.234. The summed E-state index contributed by atoms with van der Waals surface area (Å²) < 4.78 is 5.41. The molecular weight excluding hydrogens is 118 g/mol. The average molecular weight is 133 g/mol. The molecule has 0 bridgehead atoms. The zero-order valence-electron chi connectivity index (χ0n) is 5.85. The fourth-order valence-corrected chi connectivity index (χ4v) is 1.56. The highest BCUT2D eigenvalue weighted by Crippen LogP contribution is 1.90. The van der Waals surface area contributed by atoms with Crippen molar-refractivity contribution in [3.8, 4) is 0 Å². The fraction of sp³-hybridized carbons (Fsp3) is 1.00. The highest BCUT2D eigenvalue weighted by atomic mass is 28.3. The van der Waals surface area contributed by atoms with E-state index in [1.54, 1.807) is 0 Å². The molecule has 0 heterocycles. The van der Waals surface area contributed by atoms with Crippen LogP contribution in [0.4, 0.5) is 0 Å². The second-order valence-electron chi connectivity index (χ2n) is 2.23. The summed E-state index contributed by atoms with van der Waals surface area (Å²) >= 11 is 0. The molecule has 0 amide bonds. The van der Waals surface area contributed by atoms with Gasteiger partial charge in [0.05, 0.1) is 6.10 Å². The summed E-state index contributed by atoms with van der Waals surface area (Å²) in [5, 5.41) is 0. The molecule has 0 aliphatic rings. The molecule has 3 heteroatoms.